The minimum Gasteiger partial charge on any atom is -0.391 e. The zero-order valence-corrected chi connectivity index (χ0v) is 26.8. The average Bonchev–Trinajstić information content (AvgIpc) is 3.58. The van der Waals surface area contributed by atoms with Crippen molar-refractivity contribution in [2.75, 3.05) is 44.7 Å². The number of anilines is 1. The molecule has 0 bridgehead atoms. The molecule has 3 unspecified atom stereocenters. The number of nitrogens with one attached hydrogen (secondary N) is 1. The lowest BCUT2D eigenvalue weighted by Crippen LogP contribution is -2.48. The molecule has 8 nitrogen and oxygen atoms in total. The molecule has 1 aromatic heterocycles. The van der Waals surface area contributed by atoms with Gasteiger partial charge < -0.3 is 25.1 Å². The Morgan fingerprint density at radius 3 is 2.33 bits per heavy atom. The van der Waals surface area contributed by atoms with Crippen molar-refractivity contribution in [2.45, 2.75) is 80.5 Å². The molecule has 224 valence electrons. The molecule has 2 N–H and O–H groups in total. The summed E-state index contributed by atoms with van der Waals surface area (Å²) in [6.07, 6.45) is -0.399. The Bertz CT molecular complexity index is 1080. The Morgan fingerprint density at radius 2 is 1.75 bits per heavy atom. The van der Waals surface area contributed by atoms with Crippen LogP contribution in [-0.4, -0.2) is 83.6 Å². The average molecular weight is 574 g/mol. The highest BCUT2D eigenvalue weighted by Crippen LogP contribution is 2.33. The highest BCUT2D eigenvalue weighted by atomic mass is 32.1. The smallest absolute Gasteiger partial charge is 0.243 e. The van der Waals surface area contributed by atoms with Crippen LogP contribution in [0.2, 0.25) is 0 Å². The number of aromatic nitrogens is 1. The van der Waals surface area contributed by atoms with Crippen LogP contribution in [0.1, 0.15) is 66.1 Å². The maximum atomic E-state index is 13.3. The van der Waals surface area contributed by atoms with E-state index in [0.29, 0.717) is 6.54 Å². The quantitative estimate of drug-likeness (QED) is 0.495. The third-order valence-corrected chi connectivity index (χ3v) is 8.62. The maximum absolute atomic E-state index is 13.3. The number of aryl methyl sites for hydroxylation is 1. The molecule has 2 fully saturated rings. The van der Waals surface area contributed by atoms with Gasteiger partial charge >= 0.3 is 0 Å². The van der Waals surface area contributed by atoms with Crippen LogP contribution in [0, 0.1) is 18.8 Å². The second-order valence-corrected chi connectivity index (χ2v) is 11.4. The molecule has 40 heavy (non-hydrogen) atoms. The molecule has 0 spiro atoms. The van der Waals surface area contributed by atoms with Gasteiger partial charge in [-0.15, -0.1) is 11.3 Å². The maximum Gasteiger partial charge on any atom is 0.243 e. The zero-order chi connectivity index (χ0) is 30.0. The molecule has 2 saturated heterocycles. The van der Waals surface area contributed by atoms with Gasteiger partial charge in [0.15, 0.2) is 0 Å². The van der Waals surface area contributed by atoms with Gasteiger partial charge in [0.05, 0.1) is 22.2 Å². The summed E-state index contributed by atoms with van der Waals surface area (Å²) in [4.78, 5) is 38.1. The van der Waals surface area contributed by atoms with Crippen LogP contribution in [0.15, 0.2) is 23.7 Å². The highest BCUT2D eigenvalue weighted by Gasteiger charge is 2.40. The number of benzene rings is 1. The van der Waals surface area contributed by atoms with Gasteiger partial charge in [-0.2, -0.15) is 0 Å². The molecule has 2 amide bonds. The fourth-order valence-corrected chi connectivity index (χ4v) is 5.73. The van der Waals surface area contributed by atoms with Crippen molar-refractivity contribution in [1.82, 2.24) is 20.1 Å². The van der Waals surface area contributed by atoms with Crippen LogP contribution >= 0.6 is 11.3 Å². The van der Waals surface area contributed by atoms with Gasteiger partial charge in [-0.1, -0.05) is 60.6 Å². The van der Waals surface area contributed by atoms with Crippen LogP contribution in [0.25, 0.3) is 10.4 Å². The first kappa shape index (κ1) is 33.7. The summed E-state index contributed by atoms with van der Waals surface area (Å²) < 4.78 is 0. The van der Waals surface area contributed by atoms with Crippen molar-refractivity contribution in [2.24, 2.45) is 11.8 Å². The monoisotopic (exact) mass is 573 g/mol. The summed E-state index contributed by atoms with van der Waals surface area (Å²) in [7, 11) is 2.14. The Hall–Kier alpha value is -2.49. The predicted molar refractivity (Wildman–Crippen MR) is 167 cm³/mol. The number of rotatable bonds is 7. The number of hydrogen-bond donors (Lipinski definition) is 2. The third-order valence-electron chi connectivity index (χ3n) is 7.64. The number of likely N-dealkylation sites (tertiary alicyclic amines) is 1. The fourth-order valence-electron chi connectivity index (χ4n) is 4.93. The summed E-state index contributed by atoms with van der Waals surface area (Å²) in [5, 5.41) is 13.3. The number of nitrogens with zero attached hydrogens (tertiary/aromatic N) is 4. The number of carbonyl (C=O) groups excluding carboxylic acids is 2. The van der Waals surface area contributed by atoms with E-state index in [1.165, 1.54) is 0 Å². The van der Waals surface area contributed by atoms with Gasteiger partial charge in [0.25, 0.3) is 0 Å². The van der Waals surface area contributed by atoms with Crippen LogP contribution in [0.3, 0.4) is 0 Å². The lowest BCUT2D eigenvalue weighted by atomic mass is 9.96. The predicted octanol–water partition coefficient (Wildman–Crippen LogP) is 4.79. The van der Waals surface area contributed by atoms with Crippen molar-refractivity contribution < 1.29 is 14.7 Å². The second-order valence-electron chi connectivity index (χ2n) is 10.5. The molecule has 3 heterocycles. The van der Waals surface area contributed by atoms with E-state index >= 15 is 0 Å². The molecule has 0 aliphatic carbocycles. The van der Waals surface area contributed by atoms with Gasteiger partial charge in [-0.3, -0.25) is 9.59 Å². The number of thiazole rings is 1. The van der Waals surface area contributed by atoms with Crippen molar-refractivity contribution >= 4 is 28.8 Å². The van der Waals surface area contributed by atoms with Crippen LogP contribution < -0.4 is 10.2 Å². The summed E-state index contributed by atoms with van der Waals surface area (Å²) in [5.74, 6) is -0.297. The molecule has 3 atom stereocenters. The van der Waals surface area contributed by atoms with Crippen LogP contribution in [0.4, 0.5) is 5.69 Å². The fraction of sp³-hybridized carbons (Fsp3) is 0.645. The van der Waals surface area contributed by atoms with Gasteiger partial charge in [0.2, 0.25) is 11.8 Å². The lowest BCUT2D eigenvalue weighted by molar-refractivity contribution is -0.142. The number of amides is 2. The number of hydrogen-bond acceptors (Lipinski definition) is 7. The van der Waals surface area contributed by atoms with Crippen LogP contribution in [-0.2, 0) is 16.1 Å². The van der Waals surface area contributed by atoms with E-state index in [2.05, 4.69) is 45.3 Å². The molecular formula is C31H51N5O3S. The molecule has 9 heteroatoms. The van der Waals surface area contributed by atoms with Gasteiger partial charge in [-0.25, -0.2) is 4.98 Å². The summed E-state index contributed by atoms with van der Waals surface area (Å²) in [6, 6.07) is 5.77. The first-order valence-electron chi connectivity index (χ1n) is 14.9. The third kappa shape index (κ3) is 8.27. The standard InChI is InChI=1S/C27H39N5O3S.2C2H6/c1-17(2)18(3)27(35)32-15-22(33)13-24(32)26(34)28-14-21-7-6-20(25-19(4)29-16-36-25)12-23(21)31-10-8-30(5)9-11-31;2*1-2/h6-7,12,16-18,22,24,33H,8-11,13-15H2,1-5H3,(H,28,34);2*1-2H3. The van der Waals surface area contributed by atoms with E-state index in [4.69, 9.17) is 0 Å². The van der Waals surface area contributed by atoms with Crippen molar-refractivity contribution in [3.63, 3.8) is 0 Å². The topological polar surface area (TPSA) is 89.0 Å². The van der Waals surface area contributed by atoms with E-state index in [-0.39, 0.29) is 36.6 Å². The highest BCUT2D eigenvalue weighted by molar-refractivity contribution is 7.13. The lowest BCUT2D eigenvalue weighted by Gasteiger charge is -2.35. The number of likely N-dealkylation sites (N-methyl/N-ethyl adjacent to an activating group) is 1. The number of aliphatic hydroxyl groups excluding tert-OH is 1. The van der Waals surface area contributed by atoms with Crippen LogP contribution in [0.5, 0.6) is 0 Å². The minimum absolute atomic E-state index is 0.0656. The summed E-state index contributed by atoms with van der Waals surface area (Å²) >= 11 is 1.64. The molecule has 2 aliphatic heterocycles. The SMILES string of the molecule is CC.CC.Cc1ncsc1-c1ccc(CNC(=O)C2CC(O)CN2C(=O)C(C)C(C)C)c(N2CCN(C)CC2)c1. The van der Waals surface area contributed by atoms with E-state index < -0.39 is 12.1 Å². The Balaban J connectivity index is 0.00000134. The summed E-state index contributed by atoms with van der Waals surface area (Å²) in [6.45, 7) is 20.3. The minimum atomic E-state index is -0.674. The van der Waals surface area contributed by atoms with Gasteiger partial charge in [0.1, 0.15) is 6.04 Å². The number of β-amino-alcohol motifs (C(OH)–C–C–N with tert-alkyl or cyclic N) is 1. The van der Waals surface area contributed by atoms with Crippen molar-refractivity contribution in [3.05, 3.63) is 35.0 Å². The number of aliphatic hydroxyl groups is 1. The normalized spacial score (nSPS) is 19.9. The van der Waals surface area contributed by atoms with Gasteiger partial charge in [0, 0.05) is 57.3 Å². The second kappa shape index (κ2) is 16.1. The Morgan fingerprint density at radius 1 is 1.10 bits per heavy atom. The molecule has 2 aliphatic rings. The molecule has 0 radical (unpaired) electrons. The van der Waals surface area contributed by atoms with E-state index in [9.17, 15) is 14.7 Å². The number of piperazine rings is 1. The van der Waals surface area contributed by atoms with E-state index in [1.54, 1.807) is 16.2 Å². The molecule has 0 saturated carbocycles. The summed E-state index contributed by atoms with van der Waals surface area (Å²) in [5.41, 5.74) is 6.20. The first-order valence-corrected chi connectivity index (χ1v) is 15.8. The first-order chi connectivity index (χ1) is 19.2. The molecule has 4 rings (SSSR count). The van der Waals surface area contributed by atoms with Crippen molar-refractivity contribution in [3.8, 4) is 10.4 Å². The molecule has 2 aromatic rings. The number of carbonyl (C=O) groups is 2. The Kier molecular flexibility index (Phi) is 13.6. The molecular weight excluding hydrogens is 522 g/mol. The zero-order valence-electron chi connectivity index (χ0n) is 26.0. The van der Waals surface area contributed by atoms with E-state index in [1.807, 2.05) is 60.9 Å². The van der Waals surface area contributed by atoms with E-state index in [0.717, 1.165) is 53.6 Å². The largest absolute Gasteiger partial charge is 0.391 e. The molecule has 1 aromatic carbocycles. The Labute approximate surface area is 245 Å². The van der Waals surface area contributed by atoms with Gasteiger partial charge in [-0.05, 0) is 37.1 Å². The van der Waals surface area contributed by atoms with Crippen molar-refractivity contribution in [1.29, 1.82) is 0 Å².